The van der Waals surface area contributed by atoms with Gasteiger partial charge in [0.25, 0.3) is 5.91 Å². The summed E-state index contributed by atoms with van der Waals surface area (Å²) in [4.78, 5) is 26.6. The van der Waals surface area contributed by atoms with Gasteiger partial charge in [-0.15, -0.1) is 0 Å². The lowest BCUT2D eigenvalue weighted by molar-refractivity contribution is -0.138. The second kappa shape index (κ2) is 7.76. The number of aromatic nitrogens is 1. The zero-order chi connectivity index (χ0) is 25.3. The van der Waals surface area contributed by atoms with E-state index in [1.165, 1.54) is 6.07 Å². The van der Waals surface area contributed by atoms with Crippen molar-refractivity contribution in [2.45, 2.75) is 50.1 Å². The van der Waals surface area contributed by atoms with Crippen molar-refractivity contribution in [1.82, 2.24) is 4.57 Å². The first-order chi connectivity index (χ1) is 16.4. The number of amides is 1. The second-order valence-electron chi connectivity index (χ2n) is 8.87. The standard InChI is InChI=1S/C24H19F6N3O2/c25-23(26,27)16-2-1-3-19-20(16)21(34)15(22(31)35)11-32(19)18-9-8-14(10-17(18)24(28,29)30)33-12-4-5-13(33)7-6-12/h1-3,8-13H,4-7H2,(H2,31,35). The van der Waals surface area contributed by atoms with Crippen LogP contribution in [0.3, 0.4) is 0 Å². The van der Waals surface area contributed by atoms with E-state index in [1.54, 1.807) is 0 Å². The number of fused-ring (bicyclic) bond motifs is 3. The monoisotopic (exact) mass is 495 g/mol. The number of nitrogens with zero attached hydrogens (tertiary/aromatic N) is 2. The summed E-state index contributed by atoms with van der Waals surface area (Å²) < 4.78 is 84.6. The Morgan fingerprint density at radius 3 is 2.03 bits per heavy atom. The van der Waals surface area contributed by atoms with Crippen molar-refractivity contribution in [3.8, 4) is 5.69 Å². The Balaban J connectivity index is 1.81. The molecule has 0 saturated carbocycles. The molecule has 1 amide bonds. The van der Waals surface area contributed by atoms with E-state index in [2.05, 4.69) is 0 Å². The van der Waals surface area contributed by atoms with Crippen LogP contribution in [-0.4, -0.2) is 22.6 Å². The molecule has 35 heavy (non-hydrogen) atoms. The largest absolute Gasteiger partial charge is 0.418 e. The van der Waals surface area contributed by atoms with E-state index >= 15 is 0 Å². The minimum Gasteiger partial charge on any atom is -0.366 e. The van der Waals surface area contributed by atoms with Gasteiger partial charge in [0, 0.05) is 24.0 Å². The van der Waals surface area contributed by atoms with Crippen LogP contribution >= 0.6 is 0 Å². The number of primary amides is 1. The van der Waals surface area contributed by atoms with Crippen LogP contribution < -0.4 is 16.1 Å². The summed E-state index contributed by atoms with van der Waals surface area (Å²) in [7, 11) is 0. The van der Waals surface area contributed by atoms with Crippen LogP contribution in [0, 0.1) is 0 Å². The van der Waals surface area contributed by atoms with E-state index in [1.807, 2.05) is 4.90 Å². The smallest absolute Gasteiger partial charge is 0.366 e. The maximum Gasteiger partial charge on any atom is 0.418 e. The molecule has 0 atom stereocenters. The summed E-state index contributed by atoms with van der Waals surface area (Å²) in [6.07, 6.45) is -5.52. The summed E-state index contributed by atoms with van der Waals surface area (Å²) in [5, 5.41) is -0.925. The fourth-order valence-electron chi connectivity index (χ4n) is 5.44. The average molecular weight is 495 g/mol. The number of rotatable bonds is 3. The molecule has 2 saturated heterocycles. The lowest BCUT2D eigenvalue weighted by Crippen LogP contribution is -2.29. The zero-order valence-corrected chi connectivity index (χ0v) is 18.1. The molecule has 5 rings (SSSR count). The van der Waals surface area contributed by atoms with Crippen LogP contribution in [0.2, 0.25) is 0 Å². The molecule has 2 bridgehead atoms. The fraction of sp³-hybridized carbons (Fsp3) is 0.333. The van der Waals surface area contributed by atoms with Gasteiger partial charge in [0.05, 0.1) is 27.7 Å². The van der Waals surface area contributed by atoms with Crippen LogP contribution in [-0.2, 0) is 12.4 Å². The molecule has 2 fully saturated rings. The highest BCUT2D eigenvalue weighted by atomic mass is 19.4. The molecular formula is C24H19F6N3O2. The van der Waals surface area contributed by atoms with E-state index < -0.39 is 57.0 Å². The highest BCUT2D eigenvalue weighted by Gasteiger charge is 2.41. The molecule has 1 aromatic heterocycles. The average Bonchev–Trinajstić information content (AvgIpc) is 3.38. The maximum atomic E-state index is 14.3. The van der Waals surface area contributed by atoms with Gasteiger partial charge in [-0.1, -0.05) is 6.07 Å². The van der Waals surface area contributed by atoms with Crippen molar-refractivity contribution in [1.29, 1.82) is 0 Å². The molecule has 2 N–H and O–H groups in total. The van der Waals surface area contributed by atoms with E-state index in [-0.39, 0.29) is 12.1 Å². The Morgan fingerprint density at radius 1 is 0.886 bits per heavy atom. The van der Waals surface area contributed by atoms with Gasteiger partial charge < -0.3 is 15.2 Å². The number of halogens is 6. The number of hydrogen-bond donors (Lipinski definition) is 1. The summed E-state index contributed by atoms with van der Waals surface area (Å²) in [6, 6.07) is 6.66. The molecule has 3 aromatic rings. The molecule has 0 aliphatic carbocycles. The van der Waals surface area contributed by atoms with Gasteiger partial charge in [-0.25, -0.2) is 0 Å². The summed E-state index contributed by atoms with van der Waals surface area (Å²) in [6.45, 7) is 0. The first-order valence-electron chi connectivity index (χ1n) is 10.9. The molecule has 2 aromatic carbocycles. The molecule has 2 aliphatic rings. The lowest BCUT2D eigenvalue weighted by Gasteiger charge is -2.27. The van der Waals surface area contributed by atoms with Crippen LogP contribution in [0.5, 0.6) is 0 Å². The van der Waals surface area contributed by atoms with Gasteiger partial charge in [-0.2, -0.15) is 26.3 Å². The Labute approximate surface area is 194 Å². The molecule has 0 radical (unpaired) electrons. The number of anilines is 1. The highest BCUT2D eigenvalue weighted by Crippen LogP contribution is 2.44. The number of hydrogen-bond acceptors (Lipinski definition) is 3. The third kappa shape index (κ3) is 3.73. The topological polar surface area (TPSA) is 68.3 Å². The molecule has 5 nitrogen and oxygen atoms in total. The molecule has 184 valence electrons. The minimum absolute atomic E-state index is 0.149. The van der Waals surface area contributed by atoms with E-state index in [9.17, 15) is 35.9 Å². The van der Waals surface area contributed by atoms with Gasteiger partial charge in [0.15, 0.2) is 0 Å². The van der Waals surface area contributed by atoms with E-state index in [0.717, 1.165) is 60.7 Å². The Kier molecular flexibility index (Phi) is 5.15. The van der Waals surface area contributed by atoms with Crippen molar-refractivity contribution in [3.05, 3.63) is 69.5 Å². The number of pyridine rings is 1. The molecule has 0 spiro atoms. The third-order valence-corrected chi connectivity index (χ3v) is 6.90. The maximum absolute atomic E-state index is 14.3. The van der Waals surface area contributed by atoms with Crippen LogP contribution in [0.1, 0.15) is 47.2 Å². The summed E-state index contributed by atoms with van der Waals surface area (Å²) >= 11 is 0. The first kappa shape index (κ1) is 23.3. The second-order valence-corrected chi connectivity index (χ2v) is 8.87. The summed E-state index contributed by atoms with van der Waals surface area (Å²) in [5.74, 6) is -1.35. The number of benzene rings is 2. The molecular weight excluding hydrogens is 476 g/mol. The molecule has 3 heterocycles. The van der Waals surface area contributed by atoms with Crippen molar-refractivity contribution in [2.75, 3.05) is 4.90 Å². The molecule has 0 unspecified atom stereocenters. The van der Waals surface area contributed by atoms with Crippen LogP contribution in [0.4, 0.5) is 32.0 Å². The highest BCUT2D eigenvalue weighted by molar-refractivity contribution is 5.97. The van der Waals surface area contributed by atoms with Crippen molar-refractivity contribution in [2.24, 2.45) is 5.73 Å². The molecule has 11 heteroatoms. The minimum atomic E-state index is -4.99. The predicted molar refractivity (Wildman–Crippen MR) is 117 cm³/mol. The Hall–Kier alpha value is -3.50. The van der Waals surface area contributed by atoms with Crippen molar-refractivity contribution >= 4 is 22.5 Å². The third-order valence-electron chi connectivity index (χ3n) is 6.90. The van der Waals surface area contributed by atoms with Crippen LogP contribution in [0.25, 0.3) is 16.6 Å². The van der Waals surface area contributed by atoms with Gasteiger partial charge in [0.1, 0.15) is 5.56 Å². The Morgan fingerprint density at radius 2 is 1.49 bits per heavy atom. The van der Waals surface area contributed by atoms with E-state index in [0.29, 0.717) is 11.8 Å². The molecule has 2 aliphatic heterocycles. The number of alkyl halides is 6. The van der Waals surface area contributed by atoms with E-state index in [4.69, 9.17) is 5.73 Å². The van der Waals surface area contributed by atoms with Gasteiger partial charge in [-0.05, 0) is 56.0 Å². The van der Waals surface area contributed by atoms with Gasteiger partial charge in [0.2, 0.25) is 5.43 Å². The SMILES string of the molecule is NC(=O)c1cn(-c2ccc(N3C4CCC3CC4)cc2C(F)(F)F)c2cccc(C(F)(F)F)c2c1=O. The number of nitrogens with two attached hydrogens (primary N) is 1. The number of carbonyl (C=O) groups is 1. The Bertz CT molecular complexity index is 1390. The van der Waals surface area contributed by atoms with Crippen molar-refractivity contribution in [3.63, 3.8) is 0 Å². The predicted octanol–water partition coefficient (Wildman–Crippen LogP) is 5.26. The van der Waals surface area contributed by atoms with Gasteiger partial charge in [-0.3, -0.25) is 9.59 Å². The fourth-order valence-corrected chi connectivity index (χ4v) is 5.44. The number of carbonyl (C=O) groups excluding carboxylic acids is 1. The normalized spacial score (nSPS) is 20.1. The zero-order valence-electron chi connectivity index (χ0n) is 18.1. The van der Waals surface area contributed by atoms with Crippen LogP contribution in [0.15, 0.2) is 47.4 Å². The summed E-state index contributed by atoms with van der Waals surface area (Å²) in [5.41, 5.74) is 0.0561. The lowest BCUT2D eigenvalue weighted by atomic mass is 10.0. The van der Waals surface area contributed by atoms with Gasteiger partial charge >= 0.3 is 12.4 Å². The van der Waals surface area contributed by atoms with Crippen molar-refractivity contribution < 1.29 is 31.1 Å². The quantitative estimate of drug-likeness (QED) is 0.505. The first-order valence-corrected chi connectivity index (χ1v) is 10.9.